The molecule has 0 saturated carbocycles. The third kappa shape index (κ3) is 5.77. The van der Waals surface area contributed by atoms with E-state index in [1.807, 2.05) is 24.4 Å². The number of benzene rings is 2. The highest BCUT2D eigenvalue weighted by molar-refractivity contribution is 6.23. The number of methoxy groups -OCH3 is 2. The Balaban J connectivity index is 1.01. The van der Waals surface area contributed by atoms with E-state index in [4.69, 9.17) is 9.47 Å². The molecule has 3 aromatic rings. The molecule has 0 spiro atoms. The Morgan fingerprint density at radius 3 is 2.33 bits per heavy atom. The lowest BCUT2D eigenvalue weighted by atomic mass is 9.81. The van der Waals surface area contributed by atoms with Crippen molar-refractivity contribution in [2.24, 2.45) is 13.0 Å². The number of imide groups is 2. The lowest BCUT2D eigenvalue weighted by molar-refractivity contribution is -0.136. The van der Waals surface area contributed by atoms with Crippen LogP contribution in [0.1, 0.15) is 56.7 Å². The van der Waals surface area contributed by atoms with Crippen LogP contribution in [0.3, 0.4) is 0 Å². The molecule has 3 atom stereocenters. The summed E-state index contributed by atoms with van der Waals surface area (Å²) in [6, 6.07) is 8.25. The fourth-order valence-electron chi connectivity index (χ4n) is 8.84. The zero-order valence-corrected chi connectivity index (χ0v) is 30.8. The van der Waals surface area contributed by atoms with Crippen LogP contribution in [0.25, 0.3) is 11.1 Å². The van der Waals surface area contributed by atoms with Crippen LogP contribution in [0.5, 0.6) is 11.5 Å². The van der Waals surface area contributed by atoms with Gasteiger partial charge in [0.15, 0.2) is 0 Å². The number of anilines is 1. The van der Waals surface area contributed by atoms with E-state index < -0.39 is 29.7 Å². The molecular weight excluding hydrogens is 694 g/mol. The number of aromatic nitrogens is 1. The van der Waals surface area contributed by atoms with Gasteiger partial charge in [-0.1, -0.05) is 0 Å². The van der Waals surface area contributed by atoms with Gasteiger partial charge in [0.05, 0.1) is 37.5 Å². The first-order valence-electron chi connectivity index (χ1n) is 18.3. The van der Waals surface area contributed by atoms with Crippen molar-refractivity contribution in [1.29, 1.82) is 0 Å². The Morgan fingerprint density at radius 1 is 0.889 bits per heavy atom. The Labute approximate surface area is 311 Å². The number of nitrogens with zero attached hydrogens (tertiary/aromatic N) is 5. The highest BCUT2D eigenvalue weighted by Gasteiger charge is 2.47. The topological polar surface area (TPSA) is 163 Å². The number of pyridine rings is 1. The molecule has 0 radical (unpaired) electrons. The van der Waals surface area contributed by atoms with E-state index in [2.05, 4.69) is 20.4 Å². The van der Waals surface area contributed by atoms with Crippen molar-refractivity contribution in [2.75, 3.05) is 52.3 Å². The molecule has 3 saturated heterocycles. The van der Waals surface area contributed by atoms with Crippen molar-refractivity contribution in [3.05, 3.63) is 74.7 Å². The van der Waals surface area contributed by atoms with Crippen LogP contribution in [0.4, 0.5) is 10.5 Å². The molecule has 6 amide bonds. The summed E-state index contributed by atoms with van der Waals surface area (Å²) in [7, 11) is 6.58. The number of ether oxygens (including phenoxy) is 2. The van der Waals surface area contributed by atoms with E-state index >= 15 is 0 Å². The van der Waals surface area contributed by atoms with Gasteiger partial charge in [0.2, 0.25) is 11.8 Å². The standard InChI is InChI=1S/C39H43N7O8/c1-40-39(52)44-12-10-24-27(17-42(2)36(49)28(24)19-44)22-13-32(53-3)29(33(14-22)54-4)18-43-11-9-21-16-45(31(21)20-43)23-5-6-25-26(15-23)38(51)46(37(25)50)30-7-8-34(47)41-35(30)48/h5-6,13-15,17,21,30-31H,7-12,16,18-20H2,1-4H3,(H,40,52)(H,41,47,48). The van der Waals surface area contributed by atoms with Gasteiger partial charge in [-0.3, -0.25) is 39.1 Å². The number of likely N-dealkylation sites (tertiary alicyclic amines) is 1. The first-order chi connectivity index (χ1) is 26.0. The minimum Gasteiger partial charge on any atom is -0.496 e. The number of rotatable bonds is 7. The number of amides is 6. The number of piperidine rings is 2. The minimum atomic E-state index is -1.00. The molecule has 3 fully saturated rings. The van der Waals surface area contributed by atoms with Gasteiger partial charge in [0.1, 0.15) is 17.5 Å². The van der Waals surface area contributed by atoms with Crippen LogP contribution in [-0.2, 0) is 36.1 Å². The predicted molar refractivity (Wildman–Crippen MR) is 196 cm³/mol. The van der Waals surface area contributed by atoms with Crippen molar-refractivity contribution < 1.29 is 33.4 Å². The van der Waals surface area contributed by atoms with Gasteiger partial charge in [-0.05, 0) is 73.2 Å². The molecule has 6 heterocycles. The highest BCUT2D eigenvalue weighted by Crippen LogP contribution is 2.42. The van der Waals surface area contributed by atoms with Crippen LogP contribution in [-0.4, -0.2) is 108 Å². The minimum absolute atomic E-state index is 0.0712. The lowest BCUT2D eigenvalue weighted by Crippen LogP contribution is -2.64. The number of urea groups is 1. The number of hydrogen-bond donors (Lipinski definition) is 2. The van der Waals surface area contributed by atoms with E-state index in [0.717, 1.165) is 58.9 Å². The Bertz CT molecular complexity index is 2160. The van der Waals surface area contributed by atoms with Gasteiger partial charge in [-0.2, -0.15) is 0 Å². The third-order valence-corrected chi connectivity index (χ3v) is 11.8. The van der Waals surface area contributed by atoms with Gasteiger partial charge >= 0.3 is 6.03 Å². The molecule has 15 nitrogen and oxygen atoms in total. The van der Waals surface area contributed by atoms with Crippen LogP contribution < -0.4 is 30.6 Å². The second kappa shape index (κ2) is 13.6. The van der Waals surface area contributed by atoms with E-state index in [9.17, 15) is 28.8 Å². The van der Waals surface area contributed by atoms with Crippen LogP contribution in [0, 0.1) is 5.92 Å². The molecule has 0 aliphatic carbocycles. The predicted octanol–water partition coefficient (Wildman–Crippen LogP) is 1.88. The third-order valence-electron chi connectivity index (χ3n) is 11.8. The lowest BCUT2D eigenvalue weighted by Gasteiger charge is -2.55. The first kappa shape index (κ1) is 35.3. The summed E-state index contributed by atoms with van der Waals surface area (Å²) in [4.78, 5) is 83.9. The highest BCUT2D eigenvalue weighted by atomic mass is 16.5. The Hall–Kier alpha value is -5.70. The molecular formula is C39H43N7O8. The van der Waals surface area contributed by atoms with E-state index in [1.165, 1.54) is 0 Å². The summed E-state index contributed by atoms with van der Waals surface area (Å²) in [6.45, 7) is 3.79. The SMILES string of the molecule is CNC(=O)N1CCc2c(-c3cc(OC)c(CN4CCC5CN(c6ccc7c(c6)C(=O)N(C6CCC(=O)NC6=O)C7=O)C5C4)c(OC)c3)cn(C)c(=O)c2C1. The summed E-state index contributed by atoms with van der Waals surface area (Å²) in [5.41, 5.74) is 5.45. The maximum Gasteiger partial charge on any atom is 0.317 e. The van der Waals surface area contributed by atoms with Crippen LogP contribution in [0.2, 0.25) is 0 Å². The van der Waals surface area contributed by atoms with Crippen molar-refractivity contribution in [2.45, 2.75) is 50.9 Å². The Morgan fingerprint density at radius 2 is 1.63 bits per heavy atom. The molecule has 1 aromatic heterocycles. The van der Waals surface area contributed by atoms with E-state index in [-0.39, 0.29) is 48.1 Å². The van der Waals surface area contributed by atoms with Crippen molar-refractivity contribution in [1.82, 2.24) is 29.9 Å². The van der Waals surface area contributed by atoms with Crippen LogP contribution in [0.15, 0.2) is 41.3 Å². The number of carbonyl (C=O) groups excluding carboxylic acids is 5. The van der Waals surface area contributed by atoms with Crippen LogP contribution >= 0.6 is 0 Å². The molecule has 3 unspecified atom stereocenters. The average molecular weight is 738 g/mol. The summed E-state index contributed by atoms with van der Waals surface area (Å²) in [5, 5.41) is 4.90. The molecule has 2 N–H and O–H groups in total. The number of aryl methyl sites for hydroxylation is 1. The summed E-state index contributed by atoms with van der Waals surface area (Å²) < 4.78 is 13.5. The number of hydrogen-bond acceptors (Lipinski definition) is 10. The number of nitrogens with one attached hydrogen (secondary N) is 2. The van der Waals surface area contributed by atoms with Gasteiger partial charge < -0.3 is 29.2 Å². The number of carbonyl (C=O) groups is 5. The fraction of sp³-hybridized carbons (Fsp3) is 0.436. The molecule has 282 valence electrons. The molecule has 0 bridgehead atoms. The first-order valence-corrected chi connectivity index (χ1v) is 18.3. The second-order valence-corrected chi connectivity index (χ2v) is 14.7. The average Bonchev–Trinajstić information content (AvgIpc) is 3.41. The summed E-state index contributed by atoms with van der Waals surface area (Å²) >= 11 is 0. The molecule has 5 aliphatic rings. The molecule has 5 aliphatic heterocycles. The van der Waals surface area contributed by atoms with Crippen molar-refractivity contribution in [3.63, 3.8) is 0 Å². The van der Waals surface area contributed by atoms with Gasteiger partial charge in [0, 0.05) is 75.7 Å². The van der Waals surface area contributed by atoms with Gasteiger partial charge in [-0.15, -0.1) is 0 Å². The maximum atomic E-state index is 13.5. The molecule has 54 heavy (non-hydrogen) atoms. The maximum absolute atomic E-state index is 13.5. The molecule has 2 aromatic carbocycles. The zero-order chi connectivity index (χ0) is 38.0. The smallest absolute Gasteiger partial charge is 0.317 e. The largest absolute Gasteiger partial charge is 0.496 e. The normalized spacial score (nSPS) is 22.3. The van der Waals surface area contributed by atoms with Gasteiger partial charge in [0.25, 0.3) is 17.4 Å². The zero-order valence-electron chi connectivity index (χ0n) is 30.8. The Kier molecular flexibility index (Phi) is 8.91. The van der Waals surface area contributed by atoms with E-state index in [0.29, 0.717) is 42.5 Å². The van der Waals surface area contributed by atoms with Crippen molar-refractivity contribution >= 4 is 35.3 Å². The molecule has 8 rings (SSSR count). The fourth-order valence-corrected chi connectivity index (χ4v) is 8.84. The quantitative estimate of drug-likeness (QED) is 0.343. The second-order valence-electron chi connectivity index (χ2n) is 14.7. The summed E-state index contributed by atoms with van der Waals surface area (Å²) in [6.07, 6.45) is 3.56. The number of fused-ring (bicyclic) bond motifs is 3. The van der Waals surface area contributed by atoms with Gasteiger partial charge in [-0.25, -0.2) is 4.79 Å². The summed E-state index contributed by atoms with van der Waals surface area (Å²) in [5.74, 6) is -0.240. The van der Waals surface area contributed by atoms with Crippen molar-refractivity contribution in [3.8, 4) is 22.6 Å². The van der Waals surface area contributed by atoms with E-state index in [1.54, 1.807) is 49.9 Å². The monoisotopic (exact) mass is 737 g/mol. The molecule has 15 heteroatoms.